The molecule has 2 heterocycles. The number of rotatable bonds is 11. The number of nitrogens with two attached hydrogens (primary N) is 1. The van der Waals surface area contributed by atoms with Crippen molar-refractivity contribution in [2.45, 2.75) is 44.7 Å². The molecule has 0 spiro atoms. The Balaban J connectivity index is 1.60. The molecule has 1 amide bonds. The highest BCUT2D eigenvalue weighted by Gasteiger charge is 2.38. The van der Waals surface area contributed by atoms with E-state index >= 15 is 0 Å². The molecule has 1 atom stereocenters. The first-order valence-electron chi connectivity index (χ1n) is 12.1. The van der Waals surface area contributed by atoms with E-state index in [0.29, 0.717) is 30.6 Å². The average Bonchev–Trinajstić information content (AvgIpc) is 3.38. The molecule has 1 aliphatic rings. The summed E-state index contributed by atoms with van der Waals surface area (Å²) in [5.74, 6) is 0.592. The SMILES string of the molecule is NCCCCCCN1C(=O)CC(c2ncc(-c3ccccc3)[nH]2)N(Cc2cccc([N+](=O)[O-])c2)C1=S. The molecule has 1 saturated heterocycles. The van der Waals surface area contributed by atoms with Gasteiger partial charge in [-0.3, -0.25) is 19.8 Å². The minimum absolute atomic E-state index is 0.0178. The molecule has 0 saturated carbocycles. The number of aromatic nitrogens is 2. The fraction of sp³-hybridized carbons (Fsp3) is 0.346. The number of thiocarbonyl (C=S) groups is 1. The van der Waals surface area contributed by atoms with Gasteiger partial charge in [0.25, 0.3) is 5.69 Å². The second-order valence-corrected chi connectivity index (χ2v) is 9.22. The van der Waals surface area contributed by atoms with Gasteiger partial charge in [0.15, 0.2) is 5.11 Å². The molecule has 9 nitrogen and oxygen atoms in total. The zero-order chi connectivity index (χ0) is 25.5. The summed E-state index contributed by atoms with van der Waals surface area (Å²) in [6.07, 6.45) is 5.74. The van der Waals surface area contributed by atoms with Crippen LogP contribution in [0.15, 0.2) is 60.8 Å². The predicted octanol–water partition coefficient (Wildman–Crippen LogP) is 4.56. The van der Waals surface area contributed by atoms with Crippen molar-refractivity contribution in [3.05, 3.63) is 82.3 Å². The molecule has 1 aliphatic heterocycles. The van der Waals surface area contributed by atoms with Crippen LogP contribution in [0.4, 0.5) is 5.69 Å². The molecule has 36 heavy (non-hydrogen) atoms. The summed E-state index contributed by atoms with van der Waals surface area (Å²) >= 11 is 5.82. The Morgan fingerprint density at radius 2 is 1.89 bits per heavy atom. The van der Waals surface area contributed by atoms with Crippen LogP contribution in [-0.4, -0.2) is 48.8 Å². The topological polar surface area (TPSA) is 121 Å². The lowest BCUT2D eigenvalue weighted by Crippen LogP contribution is -2.53. The molecule has 0 bridgehead atoms. The Morgan fingerprint density at radius 3 is 2.64 bits per heavy atom. The minimum Gasteiger partial charge on any atom is -0.340 e. The highest BCUT2D eigenvalue weighted by atomic mass is 32.1. The zero-order valence-electron chi connectivity index (χ0n) is 20.0. The third kappa shape index (κ3) is 5.95. The summed E-state index contributed by atoms with van der Waals surface area (Å²) < 4.78 is 0. The van der Waals surface area contributed by atoms with Crippen LogP contribution in [-0.2, 0) is 11.3 Å². The van der Waals surface area contributed by atoms with Crippen LogP contribution in [0.25, 0.3) is 11.3 Å². The highest BCUT2D eigenvalue weighted by molar-refractivity contribution is 7.80. The van der Waals surface area contributed by atoms with Gasteiger partial charge in [0.1, 0.15) is 5.82 Å². The lowest BCUT2D eigenvalue weighted by atomic mass is 10.1. The Morgan fingerprint density at radius 1 is 1.11 bits per heavy atom. The van der Waals surface area contributed by atoms with Crippen LogP contribution in [0.2, 0.25) is 0 Å². The third-order valence-electron chi connectivity index (χ3n) is 6.33. The molecule has 3 N–H and O–H groups in total. The minimum atomic E-state index is -0.411. The smallest absolute Gasteiger partial charge is 0.269 e. The van der Waals surface area contributed by atoms with Crippen molar-refractivity contribution in [1.82, 2.24) is 19.8 Å². The number of non-ortho nitro benzene ring substituents is 1. The number of carbonyl (C=O) groups is 1. The first kappa shape index (κ1) is 25.5. The lowest BCUT2D eigenvalue weighted by molar-refractivity contribution is -0.384. The van der Waals surface area contributed by atoms with Crippen molar-refractivity contribution in [3.8, 4) is 11.3 Å². The average molecular weight is 507 g/mol. The molecule has 188 valence electrons. The van der Waals surface area contributed by atoms with Gasteiger partial charge in [0, 0.05) is 25.2 Å². The number of benzene rings is 2. The number of hydrogen-bond donors (Lipinski definition) is 2. The number of hydrogen-bond acceptors (Lipinski definition) is 6. The van der Waals surface area contributed by atoms with Gasteiger partial charge in [-0.2, -0.15) is 0 Å². The van der Waals surface area contributed by atoms with E-state index in [4.69, 9.17) is 18.0 Å². The number of imidazole rings is 1. The van der Waals surface area contributed by atoms with Gasteiger partial charge < -0.3 is 15.6 Å². The Labute approximate surface area is 215 Å². The molecule has 1 aromatic heterocycles. The van der Waals surface area contributed by atoms with E-state index in [-0.39, 0.29) is 18.0 Å². The van der Waals surface area contributed by atoms with Crippen molar-refractivity contribution in [2.24, 2.45) is 5.73 Å². The predicted molar refractivity (Wildman–Crippen MR) is 142 cm³/mol. The molecular formula is C26H30N6O3S. The Hall–Kier alpha value is -3.63. The number of nitrogens with one attached hydrogen (secondary N) is 1. The second-order valence-electron chi connectivity index (χ2n) is 8.85. The quantitative estimate of drug-likeness (QED) is 0.169. The second kappa shape index (κ2) is 11.9. The molecule has 4 rings (SSSR count). The molecule has 1 fully saturated rings. The highest BCUT2D eigenvalue weighted by Crippen LogP contribution is 2.33. The van der Waals surface area contributed by atoms with Gasteiger partial charge in [0.05, 0.1) is 29.3 Å². The van der Waals surface area contributed by atoms with E-state index in [1.165, 1.54) is 6.07 Å². The molecule has 0 radical (unpaired) electrons. The fourth-order valence-corrected chi connectivity index (χ4v) is 4.81. The van der Waals surface area contributed by atoms with Gasteiger partial charge >= 0.3 is 0 Å². The first-order chi connectivity index (χ1) is 17.5. The zero-order valence-corrected chi connectivity index (χ0v) is 20.8. The van der Waals surface area contributed by atoms with E-state index < -0.39 is 11.0 Å². The number of carbonyl (C=O) groups excluding carboxylic acids is 1. The van der Waals surface area contributed by atoms with Gasteiger partial charge in [-0.15, -0.1) is 0 Å². The Kier molecular flexibility index (Phi) is 8.40. The van der Waals surface area contributed by atoms with Crippen molar-refractivity contribution in [2.75, 3.05) is 13.1 Å². The molecule has 1 unspecified atom stereocenters. The molecule has 0 aliphatic carbocycles. The molecule has 3 aromatic rings. The Bertz CT molecular complexity index is 1220. The molecular weight excluding hydrogens is 476 g/mol. The van der Waals surface area contributed by atoms with Crippen LogP contribution < -0.4 is 5.73 Å². The molecule has 10 heteroatoms. The maximum absolute atomic E-state index is 13.2. The third-order valence-corrected chi connectivity index (χ3v) is 6.78. The van der Waals surface area contributed by atoms with E-state index in [9.17, 15) is 14.9 Å². The summed E-state index contributed by atoms with van der Waals surface area (Å²) in [6.45, 7) is 1.52. The van der Waals surface area contributed by atoms with Crippen LogP contribution in [0, 0.1) is 10.1 Å². The fourth-order valence-electron chi connectivity index (χ4n) is 4.43. The summed E-state index contributed by atoms with van der Waals surface area (Å²) in [7, 11) is 0. The van der Waals surface area contributed by atoms with Crippen LogP contribution >= 0.6 is 12.2 Å². The van der Waals surface area contributed by atoms with Gasteiger partial charge in [-0.1, -0.05) is 55.3 Å². The summed E-state index contributed by atoms with van der Waals surface area (Å²) in [5.41, 5.74) is 8.18. The number of nitro benzene ring substituents is 1. The first-order valence-corrected chi connectivity index (χ1v) is 12.5. The van der Waals surface area contributed by atoms with Crippen molar-refractivity contribution in [3.63, 3.8) is 0 Å². The van der Waals surface area contributed by atoms with Crippen molar-refractivity contribution < 1.29 is 9.72 Å². The normalized spacial score (nSPS) is 16.0. The maximum atomic E-state index is 13.2. The van der Waals surface area contributed by atoms with Crippen LogP contribution in [0.5, 0.6) is 0 Å². The van der Waals surface area contributed by atoms with E-state index in [2.05, 4.69) is 9.97 Å². The number of unbranched alkanes of at least 4 members (excludes halogenated alkanes) is 3. The monoisotopic (exact) mass is 506 g/mol. The summed E-state index contributed by atoms with van der Waals surface area (Å²) in [5, 5.41) is 11.7. The van der Waals surface area contributed by atoms with Gasteiger partial charge in [-0.25, -0.2) is 4.98 Å². The number of nitrogens with zero attached hydrogens (tertiary/aromatic N) is 4. The number of amides is 1. The van der Waals surface area contributed by atoms with Crippen molar-refractivity contribution >= 4 is 28.9 Å². The van der Waals surface area contributed by atoms with Crippen molar-refractivity contribution in [1.29, 1.82) is 0 Å². The van der Waals surface area contributed by atoms with E-state index in [1.807, 2.05) is 41.3 Å². The lowest BCUT2D eigenvalue weighted by Gasteiger charge is -2.42. The standard InChI is InChI=1S/C26H30N6O3S/c27-13-6-1-2-7-14-30-24(33)16-23(25-28-17-22(29-25)20-10-4-3-5-11-20)31(26(30)36)18-19-9-8-12-21(15-19)32(34)35/h3-5,8-12,15,17,23H,1-2,6-7,13-14,16,18,27H2,(H,28,29). The largest absolute Gasteiger partial charge is 0.340 e. The van der Waals surface area contributed by atoms with E-state index in [1.54, 1.807) is 23.2 Å². The van der Waals surface area contributed by atoms with E-state index in [0.717, 1.165) is 42.5 Å². The summed E-state index contributed by atoms with van der Waals surface area (Å²) in [6, 6.07) is 15.9. The molecule has 2 aromatic carbocycles. The summed E-state index contributed by atoms with van der Waals surface area (Å²) in [4.78, 5) is 35.7. The number of nitro groups is 1. The van der Waals surface area contributed by atoms with Gasteiger partial charge in [-0.05, 0) is 42.7 Å². The maximum Gasteiger partial charge on any atom is 0.269 e. The van der Waals surface area contributed by atoms with Gasteiger partial charge in [0.2, 0.25) is 5.91 Å². The number of aromatic amines is 1. The van der Waals surface area contributed by atoms with Crippen LogP contribution in [0.3, 0.4) is 0 Å². The van der Waals surface area contributed by atoms with Crippen LogP contribution in [0.1, 0.15) is 49.5 Å². The number of H-pyrrole nitrogens is 1.